The number of unbranched alkanes of at least 4 members (excludes halogenated alkanes) is 1. The Balaban J connectivity index is 0.00000149. The van der Waals surface area contributed by atoms with E-state index in [1.165, 1.54) is 13.3 Å². The number of nitrogens with two attached hydrogens (primary N) is 1. The summed E-state index contributed by atoms with van der Waals surface area (Å²) in [6.45, 7) is 6.02. The third kappa shape index (κ3) is 7.69. The van der Waals surface area contributed by atoms with Crippen LogP contribution in [0.15, 0.2) is 12.2 Å². The number of ketones is 1. The fourth-order valence-corrected chi connectivity index (χ4v) is 1.88. The largest absolute Gasteiger partial charge is 0.354 e. The van der Waals surface area contributed by atoms with Gasteiger partial charge in [-0.2, -0.15) is 0 Å². The highest BCUT2D eigenvalue weighted by atomic mass is 16.2. The highest BCUT2D eigenvalue weighted by molar-refractivity contribution is 6.15. The molecule has 0 fully saturated rings. The molecular formula is C16H27N3O4. The molecule has 1 aliphatic heterocycles. The molecule has 1 heterocycles. The Labute approximate surface area is 137 Å². The molecule has 0 saturated carbocycles. The normalized spacial score (nSPS) is 14.3. The molecule has 0 spiro atoms. The van der Waals surface area contributed by atoms with Gasteiger partial charge in [-0.05, 0) is 19.8 Å². The second-order valence-corrected chi connectivity index (χ2v) is 5.29. The molecule has 0 bridgehead atoms. The Morgan fingerprint density at radius 3 is 2.13 bits per heavy atom. The number of Topliss-reactive ketones (excluding diaryl/α,β-unsaturated/α-hetero) is 1. The number of carbonyl (C=O) groups excluding carboxylic acids is 4. The number of hydrogen-bond acceptors (Lipinski definition) is 5. The Hall–Kier alpha value is -2.02. The molecule has 0 aliphatic carbocycles. The fraction of sp³-hybridized carbons (Fsp3) is 0.625. The second-order valence-electron chi connectivity index (χ2n) is 5.29. The first-order chi connectivity index (χ1) is 10.9. The van der Waals surface area contributed by atoms with Gasteiger partial charge in [-0.1, -0.05) is 20.3 Å². The summed E-state index contributed by atoms with van der Waals surface area (Å²) in [5, 5.41) is 2.62. The average Bonchev–Trinajstić information content (AvgIpc) is 2.80. The Bertz CT molecular complexity index is 442. The highest BCUT2D eigenvalue weighted by Gasteiger charge is 2.34. The van der Waals surface area contributed by atoms with Gasteiger partial charge in [0.15, 0.2) is 0 Å². The molecule has 1 unspecified atom stereocenters. The van der Waals surface area contributed by atoms with Crippen LogP contribution >= 0.6 is 0 Å². The smallest absolute Gasteiger partial charge is 0.254 e. The predicted octanol–water partition coefficient (Wildman–Crippen LogP) is 0.531. The molecule has 0 saturated heterocycles. The lowest BCUT2D eigenvalue weighted by Gasteiger charge is -2.23. The number of nitrogens with one attached hydrogen (secondary N) is 1. The monoisotopic (exact) mass is 325 g/mol. The van der Waals surface area contributed by atoms with E-state index in [-0.39, 0.29) is 12.3 Å². The van der Waals surface area contributed by atoms with Crippen molar-refractivity contribution in [2.24, 2.45) is 5.73 Å². The van der Waals surface area contributed by atoms with Gasteiger partial charge in [-0.15, -0.1) is 0 Å². The molecule has 3 N–H and O–H groups in total. The second kappa shape index (κ2) is 11.5. The number of imide groups is 1. The lowest BCUT2D eigenvalue weighted by molar-refractivity contribution is -0.145. The number of hydrogen-bond donors (Lipinski definition) is 2. The molecule has 0 radical (unpaired) electrons. The van der Waals surface area contributed by atoms with Crippen molar-refractivity contribution in [3.05, 3.63) is 12.2 Å². The van der Waals surface area contributed by atoms with E-state index >= 15 is 0 Å². The van der Waals surface area contributed by atoms with Gasteiger partial charge in [0.25, 0.3) is 11.8 Å². The summed E-state index contributed by atoms with van der Waals surface area (Å²) in [4.78, 5) is 46.5. The highest BCUT2D eigenvalue weighted by Crippen LogP contribution is 2.08. The molecule has 1 rings (SSSR count). The van der Waals surface area contributed by atoms with Gasteiger partial charge in [0.2, 0.25) is 5.91 Å². The number of carbonyl (C=O) groups is 4. The SMILES string of the molecule is CC(=O)CCCCNC(=O)C(CN)N1C(=O)C=CC1=O.CCC. The molecular weight excluding hydrogens is 298 g/mol. The van der Waals surface area contributed by atoms with Crippen molar-refractivity contribution in [1.29, 1.82) is 0 Å². The van der Waals surface area contributed by atoms with Gasteiger partial charge >= 0.3 is 0 Å². The summed E-state index contributed by atoms with van der Waals surface area (Å²) >= 11 is 0. The first kappa shape index (κ1) is 21.0. The number of nitrogens with zero attached hydrogens (tertiary/aromatic N) is 1. The van der Waals surface area contributed by atoms with E-state index in [9.17, 15) is 19.2 Å². The first-order valence-electron chi connectivity index (χ1n) is 7.91. The quantitative estimate of drug-likeness (QED) is 0.500. The lowest BCUT2D eigenvalue weighted by atomic mass is 10.2. The van der Waals surface area contributed by atoms with Crippen molar-refractivity contribution < 1.29 is 19.2 Å². The number of amides is 3. The van der Waals surface area contributed by atoms with Crippen LogP contribution in [-0.4, -0.2) is 47.5 Å². The molecule has 0 aromatic heterocycles. The van der Waals surface area contributed by atoms with Crippen LogP contribution in [0.5, 0.6) is 0 Å². The minimum Gasteiger partial charge on any atom is -0.354 e. The predicted molar refractivity (Wildman–Crippen MR) is 87.3 cm³/mol. The van der Waals surface area contributed by atoms with Crippen molar-refractivity contribution in [3.8, 4) is 0 Å². The van der Waals surface area contributed by atoms with E-state index in [0.29, 0.717) is 25.8 Å². The van der Waals surface area contributed by atoms with Crippen LogP contribution in [0.3, 0.4) is 0 Å². The Morgan fingerprint density at radius 1 is 1.17 bits per heavy atom. The summed E-state index contributed by atoms with van der Waals surface area (Å²) in [5.74, 6) is -1.41. The molecule has 7 heteroatoms. The third-order valence-electron chi connectivity index (χ3n) is 2.94. The van der Waals surface area contributed by atoms with Crippen LogP contribution in [-0.2, 0) is 19.2 Å². The standard InChI is InChI=1S/C13H19N3O4.C3H8/c1-9(17)4-2-3-7-15-13(20)10(8-14)16-11(18)5-6-12(16)19;1-3-2/h5-6,10H,2-4,7-8,14H2,1H3,(H,15,20);3H2,1-2H3. The zero-order chi connectivity index (χ0) is 17.8. The van der Waals surface area contributed by atoms with E-state index < -0.39 is 23.8 Å². The fourth-order valence-electron chi connectivity index (χ4n) is 1.88. The van der Waals surface area contributed by atoms with E-state index in [2.05, 4.69) is 19.2 Å². The van der Waals surface area contributed by atoms with Crippen molar-refractivity contribution in [2.75, 3.05) is 13.1 Å². The van der Waals surface area contributed by atoms with Gasteiger partial charge in [0.05, 0.1) is 0 Å². The van der Waals surface area contributed by atoms with Gasteiger partial charge in [-0.25, -0.2) is 0 Å². The van der Waals surface area contributed by atoms with Crippen molar-refractivity contribution in [3.63, 3.8) is 0 Å². The van der Waals surface area contributed by atoms with E-state index in [0.717, 1.165) is 17.1 Å². The molecule has 3 amide bonds. The molecule has 7 nitrogen and oxygen atoms in total. The summed E-state index contributed by atoms with van der Waals surface area (Å²) in [5.41, 5.74) is 5.47. The van der Waals surface area contributed by atoms with Gasteiger partial charge in [-0.3, -0.25) is 19.3 Å². The van der Waals surface area contributed by atoms with Crippen LogP contribution in [0.2, 0.25) is 0 Å². The van der Waals surface area contributed by atoms with Gasteiger partial charge in [0, 0.05) is 31.7 Å². The van der Waals surface area contributed by atoms with Crippen LogP contribution < -0.4 is 11.1 Å². The maximum Gasteiger partial charge on any atom is 0.254 e. The molecule has 23 heavy (non-hydrogen) atoms. The summed E-state index contributed by atoms with van der Waals surface area (Å²) in [7, 11) is 0. The Kier molecular flexibility index (Phi) is 10.5. The topological polar surface area (TPSA) is 110 Å². The minimum atomic E-state index is -0.988. The van der Waals surface area contributed by atoms with Crippen LogP contribution in [0.4, 0.5) is 0 Å². The van der Waals surface area contributed by atoms with Crippen molar-refractivity contribution in [2.45, 2.75) is 52.5 Å². The molecule has 0 aromatic rings. The minimum absolute atomic E-state index is 0.107. The van der Waals surface area contributed by atoms with Gasteiger partial charge < -0.3 is 15.8 Å². The van der Waals surface area contributed by atoms with Crippen LogP contribution in [0.25, 0.3) is 0 Å². The van der Waals surface area contributed by atoms with E-state index in [1.54, 1.807) is 0 Å². The van der Waals surface area contributed by atoms with E-state index in [1.807, 2.05) is 0 Å². The summed E-state index contributed by atoms with van der Waals surface area (Å²) in [6, 6.07) is -0.988. The summed E-state index contributed by atoms with van der Waals surface area (Å²) in [6.07, 6.45) is 5.30. The molecule has 130 valence electrons. The zero-order valence-electron chi connectivity index (χ0n) is 14.1. The third-order valence-corrected chi connectivity index (χ3v) is 2.94. The van der Waals surface area contributed by atoms with Crippen molar-refractivity contribution >= 4 is 23.5 Å². The van der Waals surface area contributed by atoms with Crippen LogP contribution in [0.1, 0.15) is 46.5 Å². The van der Waals surface area contributed by atoms with E-state index in [4.69, 9.17) is 5.73 Å². The first-order valence-corrected chi connectivity index (χ1v) is 7.91. The van der Waals surface area contributed by atoms with Gasteiger partial charge in [0.1, 0.15) is 11.8 Å². The average molecular weight is 325 g/mol. The zero-order valence-corrected chi connectivity index (χ0v) is 14.1. The van der Waals surface area contributed by atoms with Crippen LogP contribution in [0, 0.1) is 0 Å². The maximum atomic E-state index is 11.9. The number of rotatable bonds is 8. The molecule has 0 aromatic carbocycles. The summed E-state index contributed by atoms with van der Waals surface area (Å²) < 4.78 is 0. The van der Waals surface area contributed by atoms with Crippen molar-refractivity contribution in [1.82, 2.24) is 10.2 Å². The molecule has 1 aliphatic rings. The lowest BCUT2D eigenvalue weighted by Crippen LogP contribution is -2.53. The Morgan fingerprint density at radius 2 is 1.70 bits per heavy atom. The molecule has 1 atom stereocenters. The maximum absolute atomic E-state index is 11.9.